The van der Waals surface area contributed by atoms with E-state index >= 15 is 0 Å². The number of nitrogens with two attached hydrogens (primary N) is 1. The van der Waals surface area contributed by atoms with Gasteiger partial charge in [0.25, 0.3) is 0 Å². The summed E-state index contributed by atoms with van der Waals surface area (Å²) in [6, 6.07) is 5.69. The van der Waals surface area contributed by atoms with Crippen LogP contribution < -0.4 is 5.73 Å². The van der Waals surface area contributed by atoms with Crippen LogP contribution in [-0.2, 0) is 23.7 Å². The molecule has 4 rings (SSSR count). The van der Waals surface area contributed by atoms with Gasteiger partial charge in [0.2, 0.25) is 5.60 Å². The van der Waals surface area contributed by atoms with Crippen LogP contribution in [0.1, 0.15) is 51.8 Å². The van der Waals surface area contributed by atoms with Crippen molar-refractivity contribution in [2.45, 2.75) is 69.7 Å². The van der Waals surface area contributed by atoms with E-state index in [1.165, 1.54) is 6.33 Å². The first-order valence-corrected chi connectivity index (χ1v) is 10.6. The monoisotopic (exact) mass is 445 g/mol. The van der Waals surface area contributed by atoms with Crippen molar-refractivity contribution in [1.29, 1.82) is 5.26 Å². The highest BCUT2D eigenvalue weighted by Crippen LogP contribution is 2.50. The number of rotatable bonds is 7. The van der Waals surface area contributed by atoms with E-state index in [2.05, 4.69) is 23.1 Å². The zero-order valence-corrected chi connectivity index (χ0v) is 18.3. The van der Waals surface area contributed by atoms with E-state index in [0.717, 1.165) is 19.3 Å². The van der Waals surface area contributed by atoms with Crippen molar-refractivity contribution < 1.29 is 28.5 Å². The second kappa shape index (κ2) is 8.54. The number of fused-ring (bicyclic) bond motifs is 2. The normalized spacial score (nSPS) is 28.4. The minimum atomic E-state index is -1.59. The molecule has 0 saturated carbocycles. The summed E-state index contributed by atoms with van der Waals surface area (Å²) in [6.45, 7) is 5.45. The number of hydrogen-bond donors (Lipinski definition) is 1. The van der Waals surface area contributed by atoms with Crippen molar-refractivity contribution in [3.8, 4) is 6.07 Å². The van der Waals surface area contributed by atoms with Crippen LogP contribution >= 0.6 is 0 Å². The van der Waals surface area contributed by atoms with E-state index in [-0.39, 0.29) is 13.2 Å². The van der Waals surface area contributed by atoms with Gasteiger partial charge in [0, 0.05) is 0 Å². The lowest BCUT2D eigenvalue weighted by atomic mass is 9.96. The van der Waals surface area contributed by atoms with Gasteiger partial charge >= 0.3 is 6.16 Å². The Morgan fingerprint density at radius 2 is 2.09 bits per heavy atom. The molecule has 11 heteroatoms. The molecule has 172 valence electrons. The quantitative estimate of drug-likeness (QED) is 0.498. The van der Waals surface area contributed by atoms with E-state index in [9.17, 15) is 10.1 Å². The zero-order chi connectivity index (χ0) is 22.9. The summed E-state index contributed by atoms with van der Waals surface area (Å²) >= 11 is 0. The molecule has 4 atom stereocenters. The first-order valence-electron chi connectivity index (χ1n) is 10.6. The maximum atomic E-state index is 12.0. The smallest absolute Gasteiger partial charge is 0.434 e. The van der Waals surface area contributed by atoms with Crippen LogP contribution in [-0.4, -0.2) is 57.6 Å². The molecule has 0 unspecified atom stereocenters. The maximum Gasteiger partial charge on any atom is 0.508 e. The number of anilines is 1. The van der Waals surface area contributed by atoms with Gasteiger partial charge in [0.05, 0.1) is 12.3 Å². The lowest BCUT2D eigenvalue weighted by Gasteiger charge is -2.28. The number of nitrogens with zero attached hydrogens (tertiary/aromatic N) is 4. The van der Waals surface area contributed by atoms with Gasteiger partial charge in [-0.3, -0.25) is 0 Å². The van der Waals surface area contributed by atoms with Crippen LogP contribution in [0.3, 0.4) is 0 Å². The molecule has 0 aliphatic carbocycles. The molecule has 32 heavy (non-hydrogen) atoms. The van der Waals surface area contributed by atoms with E-state index in [1.54, 1.807) is 30.5 Å². The number of carbonyl (C=O) groups excluding carboxylic acids is 1. The van der Waals surface area contributed by atoms with Crippen LogP contribution in [0.5, 0.6) is 0 Å². The van der Waals surface area contributed by atoms with Gasteiger partial charge in [0.1, 0.15) is 42.8 Å². The van der Waals surface area contributed by atoms with Gasteiger partial charge in [0.15, 0.2) is 11.6 Å². The maximum absolute atomic E-state index is 12.0. The topological polar surface area (TPSA) is 143 Å². The zero-order valence-electron chi connectivity index (χ0n) is 18.3. The molecule has 2 aromatic rings. The van der Waals surface area contributed by atoms with Crippen molar-refractivity contribution in [1.82, 2.24) is 14.6 Å². The third-order valence-electron chi connectivity index (χ3n) is 5.59. The first kappa shape index (κ1) is 22.3. The van der Waals surface area contributed by atoms with Gasteiger partial charge in [-0.15, -0.1) is 0 Å². The molecule has 0 radical (unpaired) electrons. The van der Waals surface area contributed by atoms with Crippen molar-refractivity contribution in [2.24, 2.45) is 0 Å². The summed E-state index contributed by atoms with van der Waals surface area (Å²) in [7, 11) is 0. The second-order valence-electron chi connectivity index (χ2n) is 8.36. The summed E-state index contributed by atoms with van der Waals surface area (Å²) in [5, 5.41) is 14.3. The number of ether oxygens (including phenoxy) is 5. The van der Waals surface area contributed by atoms with E-state index < -0.39 is 35.9 Å². The van der Waals surface area contributed by atoms with Crippen LogP contribution in [0, 0.1) is 11.3 Å². The Balaban J connectivity index is 1.57. The predicted molar refractivity (Wildman–Crippen MR) is 110 cm³/mol. The fourth-order valence-electron chi connectivity index (χ4n) is 4.10. The van der Waals surface area contributed by atoms with E-state index in [4.69, 9.17) is 29.4 Å². The fraction of sp³-hybridized carbons (Fsp3) is 0.619. The van der Waals surface area contributed by atoms with Gasteiger partial charge in [-0.1, -0.05) is 19.8 Å². The molecule has 0 spiro atoms. The summed E-state index contributed by atoms with van der Waals surface area (Å²) < 4.78 is 30.2. The summed E-state index contributed by atoms with van der Waals surface area (Å²) in [4.78, 5) is 16.0. The molecule has 0 amide bonds. The molecule has 2 aliphatic heterocycles. The van der Waals surface area contributed by atoms with Crippen molar-refractivity contribution >= 4 is 17.5 Å². The summed E-state index contributed by atoms with van der Waals surface area (Å²) in [5.74, 6) is -0.647. The Hall–Kier alpha value is -2.94. The van der Waals surface area contributed by atoms with Crippen molar-refractivity contribution in [3.05, 3.63) is 24.2 Å². The lowest BCUT2D eigenvalue weighted by Crippen LogP contribution is -2.46. The molecule has 4 heterocycles. The Kier molecular flexibility index (Phi) is 5.94. The SMILES string of the molecule is CCCCCOC(=O)OC[C@@]1(C#N)O[C@@H](c2ccc3c(N)ncnn23)[C@@H]2OC(C)(C)O[C@@H]21. The molecule has 2 aromatic heterocycles. The van der Waals surface area contributed by atoms with E-state index in [1.807, 2.05) is 0 Å². The number of nitrogen functional groups attached to an aromatic ring is 1. The highest BCUT2D eigenvalue weighted by Gasteiger charge is 2.65. The van der Waals surface area contributed by atoms with Crippen molar-refractivity contribution in [2.75, 3.05) is 18.9 Å². The average molecular weight is 445 g/mol. The minimum Gasteiger partial charge on any atom is -0.434 e. The molecule has 11 nitrogen and oxygen atoms in total. The third-order valence-corrected chi connectivity index (χ3v) is 5.59. The third kappa shape index (κ3) is 3.97. The van der Waals surface area contributed by atoms with Gasteiger partial charge in [-0.25, -0.2) is 14.3 Å². The van der Waals surface area contributed by atoms with Crippen molar-refractivity contribution in [3.63, 3.8) is 0 Å². The summed E-state index contributed by atoms with van der Waals surface area (Å²) in [6.07, 6.45) is 1.02. The Labute approximate surface area is 185 Å². The number of unbranched alkanes of at least 4 members (excludes halogenated alkanes) is 2. The van der Waals surface area contributed by atoms with Crippen LogP contribution in [0.4, 0.5) is 10.6 Å². The molecule has 2 aliphatic rings. The van der Waals surface area contributed by atoms with Crippen LogP contribution in [0.2, 0.25) is 0 Å². The van der Waals surface area contributed by atoms with Gasteiger partial charge in [-0.2, -0.15) is 10.4 Å². The van der Waals surface area contributed by atoms with Crippen LogP contribution in [0.15, 0.2) is 18.5 Å². The number of carbonyl (C=O) groups is 1. The molecule has 2 saturated heterocycles. The Bertz CT molecular complexity index is 1030. The lowest BCUT2D eigenvalue weighted by molar-refractivity contribution is -0.205. The summed E-state index contributed by atoms with van der Waals surface area (Å²) in [5.41, 5.74) is 5.57. The molecule has 2 N–H and O–H groups in total. The first-order chi connectivity index (χ1) is 15.3. The second-order valence-corrected chi connectivity index (χ2v) is 8.36. The van der Waals surface area contributed by atoms with Gasteiger partial charge < -0.3 is 29.4 Å². The average Bonchev–Trinajstić information content (AvgIpc) is 3.41. The fourth-order valence-corrected chi connectivity index (χ4v) is 4.10. The highest BCUT2D eigenvalue weighted by molar-refractivity contribution is 5.65. The number of hydrogen-bond acceptors (Lipinski definition) is 10. The molecule has 2 fully saturated rings. The highest BCUT2D eigenvalue weighted by atomic mass is 16.8. The predicted octanol–water partition coefficient (Wildman–Crippen LogP) is 2.51. The number of aromatic nitrogens is 3. The minimum absolute atomic E-state index is 0.256. The Morgan fingerprint density at radius 1 is 1.28 bits per heavy atom. The Morgan fingerprint density at radius 3 is 2.84 bits per heavy atom. The molecule has 0 bridgehead atoms. The van der Waals surface area contributed by atoms with Gasteiger partial charge in [-0.05, 0) is 32.4 Å². The molecular weight excluding hydrogens is 418 g/mol. The molecule has 0 aromatic carbocycles. The standard InChI is InChI=1S/C21H27N5O6/c1-4-5-6-9-28-19(27)29-11-21(10-22)17-16(30-20(2,3)32-17)15(31-21)13-7-8-14-18(23)24-12-25-26(13)14/h7-8,12,15-17H,4-6,9,11H2,1-3H3,(H2,23,24,25)/t15-,16-,17-,21+/m0/s1. The largest absolute Gasteiger partial charge is 0.508 e. The number of nitriles is 1. The molecular formula is C21H27N5O6. The van der Waals surface area contributed by atoms with E-state index in [0.29, 0.717) is 17.0 Å². The van der Waals surface area contributed by atoms with Crippen LogP contribution in [0.25, 0.3) is 5.52 Å².